The number of nitrogens with one attached hydrogen (secondary N) is 2. The van der Waals surface area contributed by atoms with Crippen molar-refractivity contribution < 1.29 is 9.59 Å². The molecule has 0 saturated carbocycles. The fraction of sp³-hybridized carbons (Fsp3) is 0.300. The molecule has 0 aliphatic heterocycles. The van der Waals surface area contributed by atoms with Crippen LogP contribution in [0, 0.1) is 18.8 Å². The van der Waals surface area contributed by atoms with E-state index in [1.54, 1.807) is 0 Å². The van der Waals surface area contributed by atoms with Crippen LogP contribution >= 0.6 is 0 Å². The third kappa shape index (κ3) is 5.23. The van der Waals surface area contributed by atoms with Gasteiger partial charge in [0.25, 0.3) is 0 Å². The maximum atomic E-state index is 12.3. The topological polar surface area (TPSA) is 58.2 Å². The Morgan fingerprint density at radius 1 is 0.875 bits per heavy atom. The number of carbonyl (C=O) groups excluding carboxylic acids is 2. The molecule has 2 unspecified atom stereocenters. The lowest BCUT2D eigenvalue weighted by Crippen LogP contribution is -2.28. The predicted octanol–water partition coefficient (Wildman–Crippen LogP) is 4.23. The van der Waals surface area contributed by atoms with E-state index in [-0.39, 0.29) is 23.7 Å². The van der Waals surface area contributed by atoms with Crippen LogP contribution in [0.15, 0.2) is 54.6 Å². The van der Waals surface area contributed by atoms with Crippen LogP contribution in [0.4, 0.5) is 11.4 Å². The lowest BCUT2D eigenvalue weighted by molar-refractivity contribution is -0.122. The van der Waals surface area contributed by atoms with Crippen LogP contribution < -0.4 is 10.6 Å². The zero-order chi connectivity index (χ0) is 17.5. The van der Waals surface area contributed by atoms with E-state index in [0.29, 0.717) is 6.42 Å². The fourth-order valence-corrected chi connectivity index (χ4v) is 2.35. The van der Waals surface area contributed by atoms with E-state index < -0.39 is 0 Å². The third-order valence-corrected chi connectivity index (χ3v) is 4.15. The highest BCUT2D eigenvalue weighted by atomic mass is 16.2. The van der Waals surface area contributed by atoms with Crippen LogP contribution in [0.2, 0.25) is 0 Å². The van der Waals surface area contributed by atoms with E-state index >= 15 is 0 Å². The molecule has 0 heterocycles. The van der Waals surface area contributed by atoms with Gasteiger partial charge >= 0.3 is 0 Å². The molecule has 0 aliphatic carbocycles. The monoisotopic (exact) mass is 324 g/mol. The summed E-state index contributed by atoms with van der Waals surface area (Å²) in [6, 6.07) is 17.0. The van der Waals surface area contributed by atoms with Crippen LogP contribution in [0.1, 0.15) is 25.8 Å². The molecule has 4 heteroatoms. The number of rotatable bonds is 6. The van der Waals surface area contributed by atoms with Gasteiger partial charge in [-0.25, -0.2) is 0 Å². The van der Waals surface area contributed by atoms with Crippen molar-refractivity contribution in [1.29, 1.82) is 0 Å². The summed E-state index contributed by atoms with van der Waals surface area (Å²) >= 11 is 0. The number of anilines is 2. The van der Waals surface area contributed by atoms with Gasteiger partial charge in [0.15, 0.2) is 0 Å². The highest BCUT2D eigenvalue weighted by Gasteiger charge is 2.22. The summed E-state index contributed by atoms with van der Waals surface area (Å²) in [5.41, 5.74) is 2.69. The van der Waals surface area contributed by atoms with Crippen molar-refractivity contribution in [2.45, 2.75) is 27.2 Å². The van der Waals surface area contributed by atoms with Crippen molar-refractivity contribution in [1.82, 2.24) is 0 Å². The Morgan fingerprint density at radius 2 is 1.46 bits per heavy atom. The van der Waals surface area contributed by atoms with E-state index in [1.165, 1.54) is 0 Å². The fourth-order valence-electron chi connectivity index (χ4n) is 2.35. The van der Waals surface area contributed by atoms with Crippen molar-refractivity contribution in [3.05, 3.63) is 60.2 Å². The summed E-state index contributed by atoms with van der Waals surface area (Å²) in [5, 5.41) is 5.75. The largest absolute Gasteiger partial charge is 0.326 e. The first kappa shape index (κ1) is 17.7. The summed E-state index contributed by atoms with van der Waals surface area (Å²) < 4.78 is 0. The van der Waals surface area contributed by atoms with E-state index in [4.69, 9.17) is 0 Å². The number of hydrogen-bond donors (Lipinski definition) is 2. The Bertz CT molecular complexity index is 681. The summed E-state index contributed by atoms with van der Waals surface area (Å²) in [4.78, 5) is 24.4. The molecule has 0 radical (unpaired) electrons. The smallest absolute Gasteiger partial charge is 0.227 e. The Labute approximate surface area is 143 Å². The molecule has 2 atom stereocenters. The minimum atomic E-state index is -0.257. The van der Waals surface area contributed by atoms with Crippen LogP contribution in [-0.2, 0) is 9.59 Å². The second-order valence-electron chi connectivity index (χ2n) is 6.24. The first-order valence-electron chi connectivity index (χ1n) is 8.18. The van der Waals surface area contributed by atoms with E-state index in [9.17, 15) is 9.59 Å². The molecule has 0 saturated heterocycles. The van der Waals surface area contributed by atoms with E-state index in [2.05, 4.69) is 10.6 Å². The summed E-state index contributed by atoms with van der Waals surface area (Å²) in [5.74, 6) is -0.463. The van der Waals surface area contributed by atoms with Gasteiger partial charge in [0.2, 0.25) is 11.8 Å². The normalized spacial score (nSPS) is 13.0. The molecule has 0 fully saturated rings. The summed E-state index contributed by atoms with van der Waals surface area (Å²) in [6.45, 7) is 5.77. The molecule has 2 aromatic carbocycles. The first-order chi connectivity index (χ1) is 11.5. The highest BCUT2D eigenvalue weighted by Crippen LogP contribution is 2.19. The predicted molar refractivity (Wildman–Crippen MR) is 97.8 cm³/mol. The van der Waals surface area contributed by atoms with Gasteiger partial charge in [-0.3, -0.25) is 9.59 Å². The van der Waals surface area contributed by atoms with Gasteiger partial charge in [0, 0.05) is 23.7 Å². The first-order valence-corrected chi connectivity index (χ1v) is 8.18. The average Bonchev–Trinajstić information content (AvgIpc) is 2.57. The Morgan fingerprint density at radius 3 is 2.08 bits per heavy atom. The average molecular weight is 324 g/mol. The minimum absolute atomic E-state index is 0.0563. The van der Waals surface area contributed by atoms with Crippen molar-refractivity contribution in [2.24, 2.45) is 11.8 Å². The van der Waals surface area contributed by atoms with E-state index in [1.807, 2.05) is 75.4 Å². The van der Waals surface area contributed by atoms with Crippen LogP contribution in [0.5, 0.6) is 0 Å². The molecule has 2 rings (SSSR count). The number of benzene rings is 2. The van der Waals surface area contributed by atoms with Crippen molar-refractivity contribution in [2.75, 3.05) is 10.6 Å². The number of hydrogen-bond acceptors (Lipinski definition) is 2. The van der Waals surface area contributed by atoms with Crippen molar-refractivity contribution in [3.8, 4) is 0 Å². The van der Waals surface area contributed by atoms with Gasteiger partial charge in [-0.15, -0.1) is 0 Å². The molecular formula is C20H24N2O2. The van der Waals surface area contributed by atoms with E-state index in [0.717, 1.165) is 16.9 Å². The number of amides is 2. The highest BCUT2D eigenvalue weighted by molar-refractivity contribution is 5.94. The van der Waals surface area contributed by atoms with Crippen molar-refractivity contribution in [3.63, 3.8) is 0 Å². The van der Waals surface area contributed by atoms with Gasteiger partial charge in [-0.1, -0.05) is 49.7 Å². The van der Waals surface area contributed by atoms with Crippen LogP contribution in [0.25, 0.3) is 0 Å². The SMILES string of the molecule is Cc1ccc(NC(=O)C(C)C(C)CC(=O)Nc2ccccc2)cc1. The number of para-hydroxylation sites is 1. The standard InChI is InChI=1S/C20H24N2O2/c1-14-9-11-18(12-10-14)22-20(24)16(3)15(2)13-19(23)21-17-7-5-4-6-8-17/h4-12,15-16H,13H2,1-3H3,(H,21,23)(H,22,24). The maximum Gasteiger partial charge on any atom is 0.227 e. The summed E-state index contributed by atoms with van der Waals surface area (Å²) in [7, 11) is 0. The zero-order valence-corrected chi connectivity index (χ0v) is 14.4. The zero-order valence-electron chi connectivity index (χ0n) is 14.4. The summed E-state index contributed by atoms with van der Waals surface area (Å²) in [6.07, 6.45) is 0.303. The third-order valence-electron chi connectivity index (χ3n) is 4.15. The van der Waals surface area contributed by atoms with Crippen LogP contribution in [-0.4, -0.2) is 11.8 Å². The lowest BCUT2D eigenvalue weighted by atomic mass is 9.91. The molecule has 2 aromatic rings. The molecule has 126 valence electrons. The molecule has 2 amide bonds. The lowest BCUT2D eigenvalue weighted by Gasteiger charge is -2.19. The molecule has 4 nitrogen and oxygen atoms in total. The van der Waals surface area contributed by atoms with Gasteiger partial charge in [0.1, 0.15) is 0 Å². The Kier molecular flexibility index (Phi) is 6.13. The quantitative estimate of drug-likeness (QED) is 0.835. The molecular weight excluding hydrogens is 300 g/mol. The molecule has 0 aromatic heterocycles. The molecule has 0 aliphatic rings. The molecule has 0 spiro atoms. The maximum absolute atomic E-state index is 12.3. The van der Waals surface area contributed by atoms with Gasteiger partial charge in [-0.2, -0.15) is 0 Å². The second-order valence-corrected chi connectivity index (χ2v) is 6.24. The Balaban J connectivity index is 1.86. The molecule has 24 heavy (non-hydrogen) atoms. The Hall–Kier alpha value is -2.62. The number of carbonyl (C=O) groups is 2. The van der Waals surface area contributed by atoms with Gasteiger partial charge < -0.3 is 10.6 Å². The van der Waals surface area contributed by atoms with Crippen LogP contribution in [0.3, 0.4) is 0 Å². The van der Waals surface area contributed by atoms with Gasteiger partial charge in [0.05, 0.1) is 0 Å². The number of aryl methyl sites for hydroxylation is 1. The second kappa shape index (κ2) is 8.29. The molecule has 2 N–H and O–H groups in total. The molecule has 0 bridgehead atoms. The van der Waals surface area contributed by atoms with Crippen molar-refractivity contribution >= 4 is 23.2 Å². The minimum Gasteiger partial charge on any atom is -0.326 e. The van der Waals surface area contributed by atoms with Gasteiger partial charge in [-0.05, 0) is 37.1 Å².